The van der Waals surface area contributed by atoms with Gasteiger partial charge in [-0.2, -0.15) is 4.76 Å². The van der Waals surface area contributed by atoms with Gasteiger partial charge in [0, 0.05) is 39.3 Å². The van der Waals surface area contributed by atoms with E-state index >= 15 is 0 Å². The van der Waals surface area contributed by atoms with Crippen LogP contribution in [-0.4, -0.2) is 103 Å². The van der Waals surface area contributed by atoms with Crippen molar-refractivity contribution in [2.24, 2.45) is 4.76 Å². The third-order valence-corrected chi connectivity index (χ3v) is 7.73. The first-order valence-electron chi connectivity index (χ1n) is 8.68. The monoisotopic (exact) mass is 448 g/mol. The minimum absolute atomic E-state index is 0.215. The van der Waals surface area contributed by atoms with Gasteiger partial charge in [0.05, 0.1) is 39.6 Å². The molecule has 0 amide bonds. The van der Waals surface area contributed by atoms with Crippen LogP contribution in [0.5, 0.6) is 0 Å². The molecule has 3 heterocycles. The molecule has 0 saturated carbocycles. The highest BCUT2D eigenvalue weighted by atomic mass is 35.6. The number of nitrogens with zero attached hydrogens (tertiary/aromatic N) is 4. The van der Waals surface area contributed by atoms with Crippen LogP contribution < -0.4 is 0 Å². The lowest BCUT2D eigenvalue weighted by Gasteiger charge is -2.41. The molecule has 0 atom stereocenters. The molecule has 0 unspecified atom stereocenters. The summed E-state index contributed by atoms with van der Waals surface area (Å²) in [6, 6.07) is 0. The fraction of sp³-hybridized carbons (Fsp3) is 0.929. The normalized spacial score (nSPS) is 25.5. The summed E-state index contributed by atoms with van der Waals surface area (Å²) in [6.45, 7) is 6.21. The maximum Gasteiger partial charge on any atom is 0.331 e. The van der Waals surface area contributed by atoms with Gasteiger partial charge in [-0.1, -0.05) is 34.8 Å². The first-order chi connectivity index (χ1) is 12.4. The number of hydrogen-bond donors (Lipinski definition) is 0. The fourth-order valence-electron chi connectivity index (χ4n) is 3.13. The lowest BCUT2D eigenvalue weighted by molar-refractivity contribution is 0.0521. The van der Waals surface area contributed by atoms with Crippen LogP contribution in [0.2, 0.25) is 0 Å². The molecule has 0 aromatic carbocycles. The van der Waals surface area contributed by atoms with Crippen LogP contribution in [0, 0.1) is 0 Å². The minimum atomic E-state index is -3.33. The molecular weight excluding hydrogens is 426 g/mol. The summed E-state index contributed by atoms with van der Waals surface area (Å²) in [4.78, 5) is 1.85. The van der Waals surface area contributed by atoms with Crippen molar-refractivity contribution in [3.05, 3.63) is 0 Å². The number of ether oxygens (including phenoxy) is 3. The molecule has 150 valence electrons. The van der Waals surface area contributed by atoms with Crippen molar-refractivity contribution in [3.8, 4) is 0 Å². The van der Waals surface area contributed by atoms with Gasteiger partial charge >= 0.3 is 7.59 Å². The Hall–Kier alpha value is 0.370. The first-order valence-corrected chi connectivity index (χ1v) is 11.4. The standard InChI is InChI=1S/C14H24Cl3N4O4P/c15-14(16,17)13(19-1-7-23-8-2-19)18-26(22,20-3-9-24-10-4-20)21-5-11-25-12-6-21/h1-12H2/b18-13-. The quantitative estimate of drug-likeness (QED) is 0.282. The molecule has 0 spiro atoms. The Bertz CT molecular complexity index is 523. The van der Waals surface area contributed by atoms with Gasteiger partial charge in [-0.05, 0) is 0 Å². The van der Waals surface area contributed by atoms with Crippen LogP contribution in [-0.2, 0) is 18.8 Å². The molecule has 0 bridgehead atoms. The molecule has 3 aliphatic heterocycles. The molecule has 3 fully saturated rings. The molecule has 0 aromatic rings. The maximum atomic E-state index is 14.1. The third-order valence-electron chi connectivity index (χ3n) is 4.50. The summed E-state index contributed by atoms with van der Waals surface area (Å²) >= 11 is 18.7. The Morgan fingerprint density at radius 2 is 1.15 bits per heavy atom. The molecule has 8 nitrogen and oxygen atoms in total. The number of amidine groups is 1. The lowest BCUT2D eigenvalue weighted by atomic mass is 10.4. The zero-order valence-corrected chi connectivity index (χ0v) is 17.7. The highest BCUT2D eigenvalue weighted by molar-refractivity contribution is 7.58. The van der Waals surface area contributed by atoms with Gasteiger partial charge in [0.2, 0.25) is 3.79 Å². The minimum Gasteiger partial charge on any atom is -0.379 e. The van der Waals surface area contributed by atoms with E-state index in [-0.39, 0.29) is 5.84 Å². The predicted octanol–water partition coefficient (Wildman–Crippen LogP) is 1.86. The number of alkyl halides is 3. The Morgan fingerprint density at radius 1 is 0.769 bits per heavy atom. The number of morpholine rings is 3. The van der Waals surface area contributed by atoms with E-state index in [1.807, 2.05) is 14.2 Å². The molecule has 26 heavy (non-hydrogen) atoms. The largest absolute Gasteiger partial charge is 0.379 e. The Kier molecular flexibility index (Phi) is 7.50. The van der Waals surface area contributed by atoms with Crippen molar-refractivity contribution >= 4 is 48.2 Å². The van der Waals surface area contributed by atoms with E-state index in [2.05, 4.69) is 4.76 Å². The maximum absolute atomic E-state index is 14.1. The van der Waals surface area contributed by atoms with E-state index in [9.17, 15) is 4.57 Å². The zero-order chi connectivity index (χ0) is 18.6. The summed E-state index contributed by atoms with van der Waals surface area (Å²) in [7, 11) is -3.33. The van der Waals surface area contributed by atoms with Crippen LogP contribution in [0.15, 0.2) is 4.76 Å². The Balaban J connectivity index is 1.96. The van der Waals surface area contributed by atoms with Gasteiger partial charge < -0.3 is 19.1 Å². The van der Waals surface area contributed by atoms with Crippen molar-refractivity contribution in [2.45, 2.75) is 3.79 Å². The highest BCUT2D eigenvalue weighted by Gasteiger charge is 2.43. The topological polar surface area (TPSA) is 66.8 Å². The fourth-order valence-corrected chi connectivity index (χ4v) is 6.30. The molecule has 0 N–H and O–H groups in total. The molecule has 3 aliphatic rings. The predicted molar refractivity (Wildman–Crippen MR) is 103 cm³/mol. The summed E-state index contributed by atoms with van der Waals surface area (Å²) in [5, 5.41) is 0. The van der Waals surface area contributed by atoms with E-state index in [0.717, 1.165) is 0 Å². The van der Waals surface area contributed by atoms with Gasteiger partial charge in [-0.25, -0.2) is 9.34 Å². The van der Waals surface area contributed by atoms with Crippen LogP contribution in [0.4, 0.5) is 0 Å². The third kappa shape index (κ3) is 5.04. The lowest BCUT2D eigenvalue weighted by Crippen LogP contribution is -2.48. The average Bonchev–Trinajstić information content (AvgIpc) is 2.67. The van der Waals surface area contributed by atoms with E-state index in [1.165, 1.54) is 0 Å². The van der Waals surface area contributed by atoms with Crippen molar-refractivity contribution in [3.63, 3.8) is 0 Å². The molecule has 3 saturated heterocycles. The Morgan fingerprint density at radius 3 is 1.54 bits per heavy atom. The van der Waals surface area contributed by atoms with E-state index < -0.39 is 11.4 Å². The number of halogens is 3. The van der Waals surface area contributed by atoms with Crippen LogP contribution >= 0.6 is 42.4 Å². The Labute approximate surface area is 168 Å². The van der Waals surface area contributed by atoms with Crippen molar-refractivity contribution < 1.29 is 18.8 Å². The number of hydrogen-bond acceptors (Lipinski definition) is 4. The highest BCUT2D eigenvalue weighted by Crippen LogP contribution is 2.56. The van der Waals surface area contributed by atoms with Gasteiger partial charge in [0.25, 0.3) is 0 Å². The van der Waals surface area contributed by atoms with Gasteiger partial charge in [-0.15, -0.1) is 0 Å². The van der Waals surface area contributed by atoms with E-state index in [0.29, 0.717) is 78.9 Å². The second kappa shape index (κ2) is 9.25. The van der Waals surface area contributed by atoms with Crippen LogP contribution in [0.1, 0.15) is 0 Å². The van der Waals surface area contributed by atoms with Crippen molar-refractivity contribution in [2.75, 3.05) is 78.9 Å². The van der Waals surface area contributed by atoms with E-state index in [4.69, 9.17) is 49.0 Å². The summed E-state index contributed by atoms with van der Waals surface area (Å²) in [5.74, 6) is 0.215. The van der Waals surface area contributed by atoms with Gasteiger partial charge in [0.15, 0.2) is 5.84 Å². The van der Waals surface area contributed by atoms with Crippen LogP contribution in [0.3, 0.4) is 0 Å². The second-order valence-corrected chi connectivity index (χ2v) is 10.8. The smallest absolute Gasteiger partial charge is 0.331 e. The molecular formula is C14H24Cl3N4O4P. The van der Waals surface area contributed by atoms with Crippen molar-refractivity contribution in [1.29, 1.82) is 0 Å². The summed E-state index contributed by atoms with van der Waals surface area (Å²) in [6.07, 6.45) is 0. The SMILES string of the molecule is O=P(/N=C(\N1CCOCC1)C(Cl)(Cl)Cl)(N1CCOCC1)N1CCOCC1. The summed E-state index contributed by atoms with van der Waals surface area (Å²) in [5.41, 5.74) is 0. The second-order valence-electron chi connectivity index (χ2n) is 6.17. The van der Waals surface area contributed by atoms with E-state index in [1.54, 1.807) is 0 Å². The van der Waals surface area contributed by atoms with Gasteiger partial charge in [0.1, 0.15) is 0 Å². The number of rotatable bonds is 3. The first kappa shape index (κ1) is 21.1. The molecule has 12 heteroatoms. The van der Waals surface area contributed by atoms with Crippen molar-refractivity contribution in [1.82, 2.24) is 14.2 Å². The molecule has 3 rings (SSSR count). The van der Waals surface area contributed by atoms with Gasteiger partial charge in [-0.3, -0.25) is 4.57 Å². The molecule has 0 radical (unpaired) electrons. The molecule has 0 aliphatic carbocycles. The molecule has 0 aromatic heterocycles. The van der Waals surface area contributed by atoms with Crippen LogP contribution in [0.25, 0.3) is 0 Å². The average molecular weight is 450 g/mol. The zero-order valence-electron chi connectivity index (χ0n) is 14.5. The summed E-state index contributed by atoms with van der Waals surface area (Å²) < 4.78 is 36.9.